The van der Waals surface area contributed by atoms with Crippen molar-refractivity contribution in [3.8, 4) is 0 Å². The van der Waals surface area contributed by atoms with Crippen molar-refractivity contribution in [2.45, 2.75) is 27.3 Å². The molecule has 0 atom stereocenters. The largest absolute Gasteiger partial charge is 0.292 e. The average molecular weight is 278 g/mol. The lowest BCUT2D eigenvalue weighted by molar-refractivity contribution is 0.709. The molecule has 3 rings (SSSR count). The van der Waals surface area contributed by atoms with Gasteiger partial charge in [0.2, 0.25) is 0 Å². The van der Waals surface area contributed by atoms with Crippen LogP contribution in [0.2, 0.25) is 0 Å². The summed E-state index contributed by atoms with van der Waals surface area (Å²) in [5.74, 6) is 0.750. The summed E-state index contributed by atoms with van der Waals surface area (Å²) >= 11 is 0. The second-order valence-electron chi connectivity index (χ2n) is 5.50. The Morgan fingerprint density at radius 2 is 1.81 bits per heavy atom. The van der Waals surface area contributed by atoms with E-state index in [1.54, 1.807) is 4.57 Å². The molecule has 2 aromatic carbocycles. The highest BCUT2D eigenvalue weighted by molar-refractivity contribution is 5.77. The second-order valence-corrected chi connectivity index (χ2v) is 5.50. The van der Waals surface area contributed by atoms with Crippen LogP contribution in [0.4, 0.5) is 0 Å². The van der Waals surface area contributed by atoms with E-state index in [0.717, 1.165) is 16.9 Å². The number of hydrogen-bond donors (Lipinski definition) is 0. The molecule has 0 bridgehead atoms. The van der Waals surface area contributed by atoms with Crippen molar-refractivity contribution >= 4 is 10.9 Å². The Labute approximate surface area is 123 Å². The molecule has 0 aliphatic rings. The number of benzene rings is 2. The van der Waals surface area contributed by atoms with Crippen LogP contribution in [0, 0.1) is 20.8 Å². The van der Waals surface area contributed by atoms with E-state index >= 15 is 0 Å². The third-order valence-corrected chi connectivity index (χ3v) is 3.89. The molecule has 0 amide bonds. The molecule has 0 aliphatic heterocycles. The predicted molar refractivity (Wildman–Crippen MR) is 85.8 cm³/mol. The van der Waals surface area contributed by atoms with Crippen LogP contribution in [0.3, 0.4) is 0 Å². The fraction of sp³-hybridized carbons (Fsp3) is 0.222. The van der Waals surface area contributed by atoms with Gasteiger partial charge in [0, 0.05) is 0 Å². The van der Waals surface area contributed by atoms with Crippen molar-refractivity contribution in [2.75, 3.05) is 0 Å². The molecule has 0 aliphatic carbocycles. The lowest BCUT2D eigenvalue weighted by Crippen LogP contribution is -2.24. The first-order valence-corrected chi connectivity index (χ1v) is 7.08. The van der Waals surface area contributed by atoms with E-state index in [0.29, 0.717) is 11.9 Å². The van der Waals surface area contributed by atoms with E-state index in [9.17, 15) is 4.79 Å². The molecule has 0 radical (unpaired) electrons. The summed E-state index contributed by atoms with van der Waals surface area (Å²) in [6.45, 7) is 6.59. The van der Waals surface area contributed by atoms with Crippen molar-refractivity contribution in [2.24, 2.45) is 0 Å². The lowest BCUT2D eigenvalue weighted by Gasteiger charge is -2.13. The van der Waals surface area contributed by atoms with Crippen LogP contribution in [-0.2, 0) is 6.54 Å². The van der Waals surface area contributed by atoms with Crippen LogP contribution in [0.1, 0.15) is 22.5 Å². The Kier molecular flexibility index (Phi) is 3.34. The third-order valence-electron chi connectivity index (χ3n) is 3.89. The van der Waals surface area contributed by atoms with Crippen LogP contribution in [0.15, 0.2) is 47.3 Å². The highest BCUT2D eigenvalue weighted by Gasteiger charge is 2.09. The van der Waals surface area contributed by atoms with Gasteiger partial charge in [-0.05, 0) is 44.0 Å². The molecule has 0 saturated carbocycles. The van der Waals surface area contributed by atoms with Crippen LogP contribution in [-0.4, -0.2) is 9.55 Å². The van der Waals surface area contributed by atoms with Gasteiger partial charge in [0.05, 0.1) is 17.4 Å². The van der Waals surface area contributed by atoms with Gasteiger partial charge in [-0.15, -0.1) is 0 Å². The van der Waals surface area contributed by atoms with Gasteiger partial charge in [-0.1, -0.05) is 35.9 Å². The van der Waals surface area contributed by atoms with Gasteiger partial charge in [-0.3, -0.25) is 9.36 Å². The van der Waals surface area contributed by atoms with Crippen LogP contribution in [0.25, 0.3) is 10.9 Å². The van der Waals surface area contributed by atoms with Crippen LogP contribution in [0.5, 0.6) is 0 Å². The van der Waals surface area contributed by atoms with E-state index in [2.05, 4.69) is 37.0 Å². The number of nitrogens with zero attached hydrogens (tertiary/aromatic N) is 2. The standard InChI is InChI=1S/C18H18N2O/c1-12-8-9-13(2)15(10-12)11-20-14(3)19-17-7-5-4-6-16(17)18(20)21/h4-10H,11H2,1-3H3. The Hall–Kier alpha value is -2.42. The lowest BCUT2D eigenvalue weighted by atomic mass is 10.1. The van der Waals surface area contributed by atoms with Gasteiger partial charge in [0.25, 0.3) is 5.56 Å². The maximum Gasteiger partial charge on any atom is 0.261 e. The molecule has 1 aromatic heterocycles. The van der Waals surface area contributed by atoms with Crippen molar-refractivity contribution < 1.29 is 0 Å². The SMILES string of the molecule is Cc1ccc(C)c(Cn2c(C)nc3ccccc3c2=O)c1. The minimum Gasteiger partial charge on any atom is -0.292 e. The van der Waals surface area contributed by atoms with E-state index in [1.165, 1.54) is 11.1 Å². The first kappa shape index (κ1) is 13.6. The molecule has 0 saturated heterocycles. The highest BCUT2D eigenvalue weighted by Crippen LogP contribution is 2.14. The minimum atomic E-state index is 0.0269. The molecule has 3 nitrogen and oxygen atoms in total. The molecule has 21 heavy (non-hydrogen) atoms. The summed E-state index contributed by atoms with van der Waals surface area (Å²) in [6, 6.07) is 13.8. The van der Waals surface area contributed by atoms with Crippen LogP contribution >= 0.6 is 0 Å². The van der Waals surface area contributed by atoms with Gasteiger partial charge >= 0.3 is 0 Å². The van der Waals surface area contributed by atoms with E-state index in [4.69, 9.17) is 0 Å². The summed E-state index contributed by atoms with van der Waals surface area (Å²) in [5, 5.41) is 0.674. The molecule has 0 fully saturated rings. The van der Waals surface area contributed by atoms with Crippen molar-refractivity contribution in [1.82, 2.24) is 9.55 Å². The van der Waals surface area contributed by atoms with Crippen molar-refractivity contribution in [3.63, 3.8) is 0 Å². The van der Waals surface area contributed by atoms with Gasteiger partial charge < -0.3 is 0 Å². The summed E-state index contributed by atoms with van der Waals surface area (Å²) in [4.78, 5) is 17.2. The Morgan fingerprint density at radius 1 is 1.05 bits per heavy atom. The molecule has 106 valence electrons. The van der Waals surface area contributed by atoms with Gasteiger partial charge in [-0.2, -0.15) is 0 Å². The number of rotatable bonds is 2. The molecule has 3 heteroatoms. The predicted octanol–water partition coefficient (Wildman–Crippen LogP) is 3.37. The smallest absolute Gasteiger partial charge is 0.261 e. The Bertz CT molecular complexity index is 878. The fourth-order valence-corrected chi connectivity index (χ4v) is 2.61. The van der Waals surface area contributed by atoms with E-state index in [1.807, 2.05) is 31.2 Å². The van der Waals surface area contributed by atoms with Gasteiger partial charge in [0.1, 0.15) is 5.82 Å². The molecule has 3 aromatic rings. The number of aryl methyl sites for hydroxylation is 3. The monoisotopic (exact) mass is 278 g/mol. The topological polar surface area (TPSA) is 34.9 Å². The van der Waals surface area contributed by atoms with Gasteiger partial charge in [0.15, 0.2) is 0 Å². The Morgan fingerprint density at radius 3 is 2.62 bits per heavy atom. The number of fused-ring (bicyclic) bond motifs is 1. The van der Waals surface area contributed by atoms with E-state index < -0.39 is 0 Å². The molecule has 0 unspecified atom stereocenters. The normalized spacial score (nSPS) is 11.0. The first-order chi connectivity index (χ1) is 10.1. The maximum absolute atomic E-state index is 12.7. The van der Waals surface area contributed by atoms with Gasteiger partial charge in [-0.25, -0.2) is 4.98 Å². The first-order valence-electron chi connectivity index (χ1n) is 7.08. The molecule has 1 heterocycles. The summed E-state index contributed by atoms with van der Waals surface area (Å²) in [7, 11) is 0. The summed E-state index contributed by atoms with van der Waals surface area (Å²) < 4.78 is 1.75. The third kappa shape index (κ3) is 2.47. The zero-order valence-corrected chi connectivity index (χ0v) is 12.6. The number of hydrogen-bond acceptors (Lipinski definition) is 2. The second kappa shape index (κ2) is 5.17. The molecular weight excluding hydrogens is 260 g/mol. The summed E-state index contributed by atoms with van der Waals surface area (Å²) in [5.41, 5.74) is 4.35. The fourth-order valence-electron chi connectivity index (χ4n) is 2.61. The maximum atomic E-state index is 12.7. The molecular formula is C18H18N2O. The summed E-state index contributed by atoms with van der Waals surface area (Å²) in [6.07, 6.45) is 0. The number of para-hydroxylation sites is 1. The Balaban J connectivity index is 2.17. The quantitative estimate of drug-likeness (QED) is 0.720. The highest BCUT2D eigenvalue weighted by atomic mass is 16.1. The van der Waals surface area contributed by atoms with Crippen molar-refractivity contribution in [3.05, 3.63) is 75.3 Å². The molecule has 0 N–H and O–H groups in total. The van der Waals surface area contributed by atoms with E-state index in [-0.39, 0.29) is 5.56 Å². The molecule has 0 spiro atoms. The van der Waals surface area contributed by atoms with Crippen molar-refractivity contribution in [1.29, 1.82) is 0 Å². The average Bonchev–Trinajstić information content (AvgIpc) is 2.47. The number of aromatic nitrogens is 2. The zero-order valence-electron chi connectivity index (χ0n) is 12.6. The minimum absolute atomic E-state index is 0.0269. The van der Waals surface area contributed by atoms with Crippen LogP contribution < -0.4 is 5.56 Å². The zero-order chi connectivity index (χ0) is 15.0.